The van der Waals surface area contributed by atoms with Gasteiger partial charge in [-0.05, 0) is 56.6 Å². The summed E-state index contributed by atoms with van der Waals surface area (Å²) >= 11 is 0. The van der Waals surface area contributed by atoms with Crippen molar-refractivity contribution in [2.45, 2.75) is 44.5 Å². The quantitative estimate of drug-likeness (QED) is 0.546. The summed E-state index contributed by atoms with van der Waals surface area (Å²) in [5.41, 5.74) is 0.618. The Kier molecular flexibility index (Phi) is 8.75. The minimum absolute atomic E-state index is 0.215. The third kappa shape index (κ3) is 7.52. The first-order chi connectivity index (χ1) is 14.9. The lowest BCUT2D eigenvalue weighted by Gasteiger charge is -2.28. The smallest absolute Gasteiger partial charge is 0.416 e. The number of piperidine rings is 1. The molecule has 0 aromatic heterocycles. The lowest BCUT2D eigenvalue weighted by molar-refractivity contribution is -0.138. The second-order valence-corrected chi connectivity index (χ2v) is 8.02. The maximum absolute atomic E-state index is 13.1. The van der Waals surface area contributed by atoms with Gasteiger partial charge in [-0.25, -0.2) is 0 Å². The van der Waals surface area contributed by atoms with Crippen LogP contribution in [0.2, 0.25) is 0 Å². The average molecular weight is 437 g/mol. The molecule has 170 valence electrons. The van der Waals surface area contributed by atoms with Crippen molar-refractivity contribution in [1.29, 1.82) is 0 Å². The fraction of sp³-hybridized carbons (Fsp3) is 0.500. The van der Waals surface area contributed by atoms with E-state index in [1.807, 2.05) is 24.3 Å². The van der Waals surface area contributed by atoms with Crippen molar-refractivity contribution in [2.75, 3.05) is 32.8 Å². The molecule has 4 nitrogen and oxygen atoms in total. The molecule has 1 atom stereocenters. The second kappa shape index (κ2) is 11.5. The molecular weight excluding hydrogens is 405 g/mol. The van der Waals surface area contributed by atoms with Crippen molar-refractivity contribution in [3.63, 3.8) is 0 Å². The molecular formula is C24H31F3N2O2. The van der Waals surface area contributed by atoms with Gasteiger partial charge in [0.1, 0.15) is 18.5 Å². The minimum Gasteiger partial charge on any atom is -0.491 e. The fourth-order valence-electron chi connectivity index (χ4n) is 3.93. The van der Waals surface area contributed by atoms with Crippen molar-refractivity contribution in [3.8, 4) is 5.75 Å². The van der Waals surface area contributed by atoms with Crippen molar-refractivity contribution >= 4 is 0 Å². The number of hydrogen-bond donors (Lipinski definition) is 2. The first-order valence-electron chi connectivity index (χ1n) is 10.9. The monoisotopic (exact) mass is 436 g/mol. The maximum Gasteiger partial charge on any atom is 0.416 e. The van der Waals surface area contributed by atoms with Crippen LogP contribution in [-0.4, -0.2) is 48.9 Å². The summed E-state index contributed by atoms with van der Waals surface area (Å²) in [4.78, 5) is 2.27. The van der Waals surface area contributed by atoms with E-state index in [4.69, 9.17) is 4.74 Å². The first-order valence-corrected chi connectivity index (χ1v) is 10.9. The molecule has 2 N–H and O–H groups in total. The molecule has 2 aromatic carbocycles. The average Bonchev–Trinajstić information content (AvgIpc) is 2.76. The van der Waals surface area contributed by atoms with Crippen molar-refractivity contribution in [1.82, 2.24) is 10.2 Å². The Morgan fingerprint density at radius 1 is 0.968 bits per heavy atom. The summed E-state index contributed by atoms with van der Waals surface area (Å²) < 4.78 is 45.2. The highest BCUT2D eigenvalue weighted by molar-refractivity contribution is 5.33. The molecule has 7 heteroatoms. The SMILES string of the molecule is OC(COc1ccccc1CNCCc1ccccc1C(F)(F)F)CN1CCCCC1. The Bertz CT molecular complexity index is 807. The summed E-state index contributed by atoms with van der Waals surface area (Å²) in [6, 6.07) is 13.2. The van der Waals surface area contributed by atoms with Gasteiger partial charge in [0.15, 0.2) is 0 Å². The van der Waals surface area contributed by atoms with Crippen LogP contribution in [0.25, 0.3) is 0 Å². The van der Waals surface area contributed by atoms with Gasteiger partial charge in [-0.3, -0.25) is 0 Å². The molecule has 2 aromatic rings. The molecule has 0 aliphatic carbocycles. The van der Waals surface area contributed by atoms with Crippen LogP contribution in [0.15, 0.2) is 48.5 Å². The normalized spacial score (nSPS) is 16.3. The van der Waals surface area contributed by atoms with Crippen molar-refractivity contribution in [2.24, 2.45) is 0 Å². The highest BCUT2D eigenvalue weighted by Gasteiger charge is 2.32. The van der Waals surface area contributed by atoms with E-state index in [0.717, 1.165) is 24.7 Å². The number of para-hydroxylation sites is 1. The number of β-amino-alcohol motifs (C(OH)–C–C–N with tert-alkyl or cyclic N) is 1. The maximum atomic E-state index is 13.1. The summed E-state index contributed by atoms with van der Waals surface area (Å²) in [7, 11) is 0. The van der Waals surface area contributed by atoms with Crippen LogP contribution in [0.1, 0.15) is 36.0 Å². The predicted molar refractivity (Wildman–Crippen MR) is 115 cm³/mol. The molecule has 0 saturated carbocycles. The van der Waals surface area contributed by atoms with E-state index >= 15 is 0 Å². The zero-order valence-corrected chi connectivity index (χ0v) is 17.7. The van der Waals surface area contributed by atoms with Crippen LogP contribution in [-0.2, 0) is 19.1 Å². The number of nitrogens with zero attached hydrogens (tertiary/aromatic N) is 1. The summed E-state index contributed by atoms with van der Waals surface area (Å²) in [5, 5.41) is 13.5. The Hall–Kier alpha value is -2.09. The highest BCUT2D eigenvalue weighted by Crippen LogP contribution is 2.32. The Morgan fingerprint density at radius 3 is 2.39 bits per heavy atom. The zero-order valence-electron chi connectivity index (χ0n) is 17.7. The van der Waals surface area contributed by atoms with Crippen LogP contribution >= 0.6 is 0 Å². The molecule has 1 aliphatic heterocycles. The molecule has 0 amide bonds. The van der Waals surface area contributed by atoms with Gasteiger partial charge in [0.2, 0.25) is 0 Å². The van der Waals surface area contributed by atoms with E-state index in [1.165, 1.54) is 31.4 Å². The molecule has 31 heavy (non-hydrogen) atoms. The number of halogens is 3. The number of nitrogens with one attached hydrogen (secondary N) is 1. The van der Waals surface area contributed by atoms with Crippen LogP contribution in [0.4, 0.5) is 13.2 Å². The molecule has 1 fully saturated rings. The zero-order chi connectivity index (χ0) is 22.1. The van der Waals surface area contributed by atoms with E-state index in [-0.39, 0.29) is 18.6 Å². The van der Waals surface area contributed by atoms with Crippen molar-refractivity contribution in [3.05, 3.63) is 65.2 Å². The number of hydrogen-bond acceptors (Lipinski definition) is 4. The third-order valence-corrected chi connectivity index (χ3v) is 5.53. The number of benzene rings is 2. The number of aliphatic hydroxyl groups is 1. The number of rotatable bonds is 10. The topological polar surface area (TPSA) is 44.7 Å². The van der Waals surface area contributed by atoms with E-state index in [2.05, 4.69) is 10.2 Å². The molecule has 1 heterocycles. The van der Waals surface area contributed by atoms with Crippen LogP contribution in [0, 0.1) is 0 Å². The summed E-state index contributed by atoms with van der Waals surface area (Å²) in [6.07, 6.45) is -1.01. The van der Waals surface area contributed by atoms with E-state index < -0.39 is 17.8 Å². The number of aliphatic hydroxyl groups excluding tert-OH is 1. The second-order valence-electron chi connectivity index (χ2n) is 8.02. The van der Waals surface area contributed by atoms with Crippen LogP contribution in [0.5, 0.6) is 5.75 Å². The van der Waals surface area contributed by atoms with Gasteiger partial charge in [0.05, 0.1) is 5.56 Å². The third-order valence-electron chi connectivity index (χ3n) is 5.53. The summed E-state index contributed by atoms with van der Waals surface area (Å²) in [5.74, 6) is 0.684. The summed E-state index contributed by atoms with van der Waals surface area (Å²) in [6.45, 7) is 3.77. The predicted octanol–water partition coefficient (Wildman–Crippen LogP) is 4.26. The van der Waals surface area contributed by atoms with Crippen LogP contribution in [0.3, 0.4) is 0 Å². The molecule has 0 spiro atoms. The molecule has 0 radical (unpaired) electrons. The lowest BCUT2D eigenvalue weighted by Crippen LogP contribution is -2.38. The number of ether oxygens (including phenoxy) is 1. The Balaban J connectivity index is 1.46. The van der Waals surface area contributed by atoms with Gasteiger partial charge in [-0.2, -0.15) is 13.2 Å². The number of likely N-dealkylation sites (tertiary alicyclic amines) is 1. The Morgan fingerprint density at radius 2 is 1.65 bits per heavy atom. The van der Waals surface area contributed by atoms with Gasteiger partial charge in [-0.1, -0.05) is 42.8 Å². The molecule has 1 unspecified atom stereocenters. The molecule has 1 aliphatic rings. The molecule has 0 bridgehead atoms. The Labute approximate surface area is 182 Å². The highest BCUT2D eigenvalue weighted by atomic mass is 19.4. The number of alkyl halides is 3. The van der Waals surface area contributed by atoms with E-state index in [1.54, 1.807) is 6.07 Å². The minimum atomic E-state index is -4.34. The van der Waals surface area contributed by atoms with Crippen LogP contribution < -0.4 is 10.1 Å². The van der Waals surface area contributed by atoms with Crippen molar-refractivity contribution < 1.29 is 23.0 Å². The van der Waals surface area contributed by atoms with Gasteiger partial charge >= 0.3 is 6.18 Å². The molecule has 1 saturated heterocycles. The van der Waals surface area contributed by atoms with E-state index in [0.29, 0.717) is 25.4 Å². The van der Waals surface area contributed by atoms with Gasteiger partial charge in [-0.15, -0.1) is 0 Å². The van der Waals surface area contributed by atoms with Gasteiger partial charge in [0.25, 0.3) is 0 Å². The standard InChI is InChI=1S/C24H31F3N2O2/c25-24(26,27)22-10-4-2-8-19(22)12-13-28-16-20-9-3-5-11-23(20)31-18-21(30)17-29-14-6-1-7-15-29/h2-5,8-11,21,28,30H,1,6-7,12-18H2. The van der Waals surface area contributed by atoms with E-state index in [9.17, 15) is 18.3 Å². The van der Waals surface area contributed by atoms with Gasteiger partial charge < -0.3 is 20.1 Å². The molecule has 3 rings (SSSR count). The van der Waals surface area contributed by atoms with Gasteiger partial charge in [0, 0.05) is 18.7 Å². The first kappa shape index (κ1) is 23.6. The fourth-order valence-corrected chi connectivity index (χ4v) is 3.93. The largest absolute Gasteiger partial charge is 0.491 e. The lowest BCUT2D eigenvalue weighted by atomic mass is 10.0.